The van der Waals surface area contributed by atoms with Gasteiger partial charge in [-0.15, -0.1) is 6.58 Å². The third kappa shape index (κ3) is 2.07. The van der Waals surface area contributed by atoms with Crippen LogP contribution < -0.4 is 11.2 Å². The molecule has 0 spiro atoms. The maximum absolute atomic E-state index is 11.6. The minimum atomic E-state index is -0.909. The van der Waals surface area contributed by atoms with Gasteiger partial charge in [-0.05, 0) is 6.42 Å². The van der Waals surface area contributed by atoms with Gasteiger partial charge in [0.05, 0.1) is 11.7 Å². The number of hydrogen-bond acceptors (Lipinski definition) is 3. The summed E-state index contributed by atoms with van der Waals surface area (Å²) in [6.07, 6.45) is 2.26. The van der Waals surface area contributed by atoms with Crippen LogP contribution in [0.1, 0.15) is 18.1 Å². The standard InChI is InChI=1S/C10H14N2O3/c1-4-5-8(13)7-6-11(2)10(15)12(3)9(7)14/h4,6,8,13H,1,5H2,2-3H3/t8-/m1/s1. The molecule has 1 atom stereocenters. The number of aromatic nitrogens is 2. The minimum Gasteiger partial charge on any atom is -0.388 e. The molecule has 1 aromatic heterocycles. The molecule has 5 nitrogen and oxygen atoms in total. The summed E-state index contributed by atoms with van der Waals surface area (Å²) in [6.45, 7) is 3.48. The lowest BCUT2D eigenvalue weighted by Crippen LogP contribution is -2.39. The van der Waals surface area contributed by atoms with Gasteiger partial charge in [0.25, 0.3) is 5.56 Å². The van der Waals surface area contributed by atoms with E-state index in [1.54, 1.807) is 0 Å². The number of hydrogen-bond donors (Lipinski definition) is 1. The Balaban J connectivity index is 3.38. The molecule has 0 aromatic carbocycles. The van der Waals surface area contributed by atoms with Crippen molar-refractivity contribution in [2.24, 2.45) is 14.1 Å². The molecule has 0 saturated carbocycles. The molecule has 0 saturated heterocycles. The van der Waals surface area contributed by atoms with Gasteiger partial charge in [0.2, 0.25) is 0 Å². The lowest BCUT2D eigenvalue weighted by atomic mass is 10.1. The number of aryl methyl sites for hydroxylation is 1. The lowest BCUT2D eigenvalue weighted by Gasteiger charge is -2.10. The first-order valence-corrected chi connectivity index (χ1v) is 4.54. The molecule has 0 aliphatic carbocycles. The topological polar surface area (TPSA) is 64.2 Å². The van der Waals surface area contributed by atoms with E-state index >= 15 is 0 Å². The Hall–Kier alpha value is -1.62. The first-order chi connectivity index (χ1) is 6.99. The maximum Gasteiger partial charge on any atom is 0.330 e. The molecule has 1 heterocycles. The first kappa shape index (κ1) is 11.5. The molecular weight excluding hydrogens is 196 g/mol. The monoisotopic (exact) mass is 210 g/mol. The van der Waals surface area contributed by atoms with Crippen LogP contribution in [0.15, 0.2) is 28.4 Å². The molecule has 15 heavy (non-hydrogen) atoms. The van der Waals surface area contributed by atoms with Crippen LogP contribution in [0, 0.1) is 0 Å². The van der Waals surface area contributed by atoms with E-state index in [9.17, 15) is 14.7 Å². The van der Waals surface area contributed by atoms with Gasteiger partial charge < -0.3 is 9.67 Å². The van der Waals surface area contributed by atoms with Crippen LogP contribution in [0.2, 0.25) is 0 Å². The Morgan fingerprint density at radius 1 is 1.53 bits per heavy atom. The van der Waals surface area contributed by atoms with Crippen molar-refractivity contribution in [3.8, 4) is 0 Å². The van der Waals surface area contributed by atoms with Crippen LogP contribution in [0.5, 0.6) is 0 Å². The van der Waals surface area contributed by atoms with Crippen molar-refractivity contribution in [1.29, 1.82) is 0 Å². The molecule has 0 aliphatic rings. The van der Waals surface area contributed by atoms with Gasteiger partial charge in [-0.3, -0.25) is 9.36 Å². The zero-order valence-corrected chi connectivity index (χ0v) is 8.80. The van der Waals surface area contributed by atoms with Crippen molar-refractivity contribution in [1.82, 2.24) is 9.13 Å². The number of rotatable bonds is 3. The third-order valence-corrected chi connectivity index (χ3v) is 2.22. The Labute approximate surface area is 86.9 Å². The molecule has 5 heteroatoms. The molecule has 0 unspecified atom stereocenters. The molecule has 0 radical (unpaired) electrons. The van der Waals surface area contributed by atoms with E-state index in [4.69, 9.17) is 0 Å². The summed E-state index contributed by atoms with van der Waals surface area (Å²) in [5.41, 5.74) is -0.665. The van der Waals surface area contributed by atoms with Crippen LogP contribution in [0.25, 0.3) is 0 Å². The highest BCUT2D eigenvalue weighted by Crippen LogP contribution is 2.10. The van der Waals surface area contributed by atoms with Gasteiger partial charge in [-0.25, -0.2) is 4.79 Å². The first-order valence-electron chi connectivity index (χ1n) is 4.54. The van der Waals surface area contributed by atoms with Crippen LogP contribution in [0.3, 0.4) is 0 Å². The fourth-order valence-electron chi connectivity index (χ4n) is 1.35. The average molecular weight is 210 g/mol. The second kappa shape index (κ2) is 4.27. The number of aliphatic hydroxyl groups excluding tert-OH is 1. The average Bonchev–Trinajstić information content (AvgIpc) is 2.20. The van der Waals surface area contributed by atoms with Gasteiger partial charge >= 0.3 is 5.69 Å². The summed E-state index contributed by atoms with van der Waals surface area (Å²) >= 11 is 0. The normalized spacial score (nSPS) is 12.5. The Kier molecular flexibility index (Phi) is 3.26. The highest BCUT2D eigenvalue weighted by molar-refractivity contribution is 5.10. The van der Waals surface area contributed by atoms with Crippen molar-refractivity contribution >= 4 is 0 Å². The fraction of sp³-hybridized carbons (Fsp3) is 0.400. The van der Waals surface area contributed by atoms with E-state index in [1.807, 2.05) is 0 Å². The zero-order chi connectivity index (χ0) is 11.6. The summed E-state index contributed by atoms with van der Waals surface area (Å²) in [5.74, 6) is 0. The van der Waals surface area contributed by atoms with Gasteiger partial charge in [0, 0.05) is 20.3 Å². The van der Waals surface area contributed by atoms with E-state index < -0.39 is 17.4 Å². The second-order valence-electron chi connectivity index (χ2n) is 3.38. The summed E-state index contributed by atoms with van der Waals surface area (Å²) in [7, 11) is 2.92. The zero-order valence-electron chi connectivity index (χ0n) is 8.80. The lowest BCUT2D eigenvalue weighted by molar-refractivity contribution is 0.178. The smallest absolute Gasteiger partial charge is 0.330 e. The summed E-state index contributed by atoms with van der Waals surface area (Å²) < 4.78 is 2.24. The molecule has 1 N–H and O–H groups in total. The largest absolute Gasteiger partial charge is 0.388 e. The van der Waals surface area contributed by atoms with Crippen LogP contribution in [-0.4, -0.2) is 14.2 Å². The van der Waals surface area contributed by atoms with Crippen molar-refractivity contribution in [3.63, 3.8) is 0 Å². The van der Waals surface area contributed by atoms with Crippen molar-refractivity contribution in [2.45, 2.75) is 12.5 Å². The fourth-order valence-corrected chi connectivity index (χ4v) is 1.35. The quantitative estimate of drug-likeness (QED) is 0.696. The summed E-state index contributed by atoms with van der Waals surface area (Å²) in [5, 5.41) is 9.64. The molecule has 0 bridgehead atoms. The summed E-state index contributed by atoms with van der Waals surface area (Å²) in [4.78, 5) is 23.0. The predicted octanol–water partition coefficient (Wildman–Crippen LogP) is -0.307. The van der Waals surface area contributed by atoms with Crippen molar-refractivity contribution < 1.29 is 5.11 Å². The van der Waals surface area contributed by atoms with Gasteiger partial charge in [0.1, 0.15) is 0 Å². The van der Waals surface area contributed by atoms with E-state index in [1.165, 1.54) is 30.9 Å². The van der Waals surface area contributed by atoms with Crippen LogP contribution in [0.4, 0.5) is 0 Å². The van der Waals surface area contributed by atoms with E-state index in [0.29, 0.717) is 0 Å². The highest BCUT2D eigenvalue weighted by Gasteiger charge is 2.13. The molecule has 1 aromatic rings. The molecule has 82 valence electrons. The highest BCUT2D eigenvalue weighted by atomic mass is 16.3. The van der Waals surface area contributed by atoms with Crippen molar-refractivity contribution in [3.05, 3.63) is 45.3 Å². The third-order valence-electron chi connectivity index (χ3n) is 2.22. The van der Waals surface area contributed by atoms with Gasteiger partial charge in [-0.2, -0.15) is 0 Å². The molecule has 0 amide bonds. The van der Waals surface area contributed by atoms with Gasteiger partial charge in [0.15, 0.2) is 0 Å². The van der Waals surface area contributed by atoms with Crippen LogP contribution in [-0.2, 0) is 14.1 Å². The number of nitrogens with zero attached hydrogens (tertiary/aromatic N) is 2. The Morgan fingerprint density at radius 2 is 2.13 bits per heavy atom. The molecule has 0 aliphatic heterocycles. The molecule has 0 fully saturated rings. The summed E-state index contributed by atoms with van der Waals surface area (Å²) in [6, 6.07) is 0. The predicted molar refractivity (Wildman–Crippen MR) is 56.7 cm³/mol. The van der Waals surface area contributed by atoms with E-state index in [2.05, 4.69) is 6.58 Å². The van der Waals surface area contributed by atoms with E-state index in [-0.39, 0.29) is 12.0 Å². The van der Waals surface area contributed by atoms with E-state index in [0.717, 1.165) is 4.57 Å². The molecular formula is C10H14N2O3. The molecule has 1 rings (SSSR count). The van der Waals surface area contributed by atoms with Gasteiger partial charge in [-0.1, -0.05) is 6.08 Å². The van der Waals surface area contributed by atoms with Crippen LogP contribution >= 0.6 is 0 Å². The maximum atomic E-state index is 11.6. The minimum absolute atomic E-state index is 0.208. The second-order valence-corrected chi connectivity index (χ2v) is 3.38. The Morgan fingerprint density at radius 3 is 2.67 bits per heavy atom. The SMILES string of the molecule is C=CC[C@@H](O)c1cn(C)c(=O)n(C)c1=O. The Bertz CT molecular complexity index is 484. The van der Waals surface area contributed by atoms with Crippen molar-refractivity contribution in [2.75, 3.05) is 0 Å². The number of aliphatic hydroxyl groups is 1.